The Morgan fingerprint density at radius 1 is 1.33 bits per heavy atom. The van der Waals surface area contributed by atoms with E-state index in [1.54, 1.807) is 11.3 Å². The molecular weight excluding hydrogens is 511 g/mol. The van der Waals surface area contributed by atoms with Crippen LogP contribution < -0.4 is 10.6 Å². The summed E-state index contributed by atoms with van der Waals surface area (Å²) in [5.74, 6) is 3.27. The molecule has 0 radical (unpaired) electrons. The van der Waals surface area contributed by atoms with Crippen LogP contribution in [0, 0.1) is 12.8 Å². The number of rotatable bonds is 10. The molecule has 1 aliphatic carbocycles. The van der Waals surface area contributed by atoms with E-state index in [-0.39, 0.29) is 24.0 Å². The monoisotopic (exact) mass is 546 g/mol. The lowest BCUT2D eigenvalue weighted by Crippen LogP contribution is -2.39. The SMILES string of the molecule is CCOC(CCNC(=NCc1nnc(C)n1C)NCc1cccs1)C1CCCC1.I. The Bertz CT molecular complexity index is 758. The molecule has 2 heterocycles. The number of hydrogen-bond acceptors (Lipinski definition) is 5. The fourth-order valence-corrected chi connectivity index (χ4v) is 4.47. The number of aromatic nitrogens is 3. The van der Waals surface area contributed by atoms with Crippen LogP contribution in [-0.2, 0) is 24.9 Å². The largest absolute Gasteiger partial charge is 0.378 e. The van der Waals surface area contributed by atoms with Gasteiger partial charge in [0.2, 0.25) is 0 Å². The molecule has 3 rings (SSSR count). The van der Waals surface area contributed by atoms with Crippen molar-refractivity contribution in [3.05, 3.63) is 34.0 Å². The molecule has 0 aliphatic heterocycles. The number of ether oxygens (including phenoxy) is 1. The van der Waals surface area contributed by atoms with E-state index in [0.717, 1.165) is 43.7 Å². The first-order chi connectivity index (χ1) is 14.2. The van der Waals surface area contributed by atoms with Gasteiger partial charge in [0, 0.05) is 25.1 Å². The van der Waals surface area contributed by atoms with E-state index in [2.05, 4.69) is 45.3 Å². The van der Waals surface area contributed by atoms with Gasteiger partial charge in [-0.2, -0.15) is 0 Å². The van der Waals surface area contributed by atoms with Crippen LogP contribution in [0.2, 0.25) is 0 Å². The average molecular weight is 547 g/mol. The highest BCUT2D eigenvalue weighted by atomic mass is 127. The molecule has 168 valence electrons. The minimum absolute atomic E-state index is 0. The van der Waals surface area contributed by atoms with Crippen molar-refractivity contribution in [3.63, 3.8) is 0 Å². The maximum atomic E-state index is 6.05. The van der Waals surface area contributed by atoms with Crippen LogP contribution in [-0.4, -0.2) is 40.0 Å². The first-order valence-electron chi connectivity index (χ1n) is 10.7. The first-order valence-corrected chi connectivity index (χ1v) is 11.6. The van der Waals surface area contributed by atoms with Gasteiger partial charge in [-0.15, -0.1) is 45.5 Å². The number of aliphatic imine (C=N–C) groups is 1. The van der Waals surface area contributed by atoms with Crippen LogP contribution in [0.15, 0.2) is 22.5 Å². The van der Waals surface area contributed by atoms with Gasteiger partial charge >= 0.3 is 0 Å². The minimum atomic E-state index is 0. The predicted molar refractivity (Wildman–Crippen MR) is 133 cm³/mol. The lowest BCUT2D eigenvalue weighted by atomic mass is 9.98. The Kier molecular flexibility index (Phi) is 11.1. The molecule has 0 aromatic carbocycles. The zero-order chi connectivity index (χ0) is 20.5. The third kappa shape index (κ3) is 7.49. The third-order valence-electron chi connectivity index (χ3n) is 5.60. The van der Waals surface area contributed by atoms with E-state index in [0.29, 0.717) is 18.6 Å². The number of guanidine groups is 1. The Balaban J connectivity index is 0.00000320. The summed E-state index contributed by atoms with van der Waals surface area (Å²) in [6, 6.07) is 4.20. The van der Waals surface area contributed by atoms with E-state index < -0.39 is 0 Å². The van der Waals surface area contributed by atoms with E-state index in [4.69, 9.17) is 9.73 Å². The zero-order valence-corrected chi connectivity index (χ0v) is 21.4. The molecule has 1 atom stereocenters. The van der Waals surface area contributed by atoms with Crippen molar-refractivity contribution in [2.45, 2.75) is 65.1 Å². The summed E-state index contributed by atoms with van der Waals surface area (Å²) in [5.41, 5.74) is 0. The molecule has 2 aromatic heterocycles. The van der Waals surface area contributed by atoms with Gasteiger partial charge in [-0.25, -0.2) is 4.99 Å². The summed E-state index contributed by atoms with van der Waals surface area (Å²) in [4.78, 5) is 6.03. The summed E-state index contributed by atoms with van der Waals surface area (Å²) >= 11 is 1.75. The molecular formula is C21H35IN6OS. The zero-order valence-electron chi connectivity index (χ0n) is 18.3. The number of hydrogen-bond donors (Lipinski definition) is 2. The van der Waals surface area contributed by atoms with Crippen LogP contribution in [0.1, 0.15) is 55.6 Å². The molecule has 1 fully saturated rings. The molecule has 1 saturated carbocycles. The van der Waals surface area contributed by atoms with Crippen molar-refractivity contribution in [2.75, 3.05) is 13.2 Å². The van der Waals surface area contributed by atoms with Crippen LogP contribution in [0.5, 0.6) is 0 Å². The van der Waals surface area contributed by atoms with E-state index in [1.807, 2.05) is 18.5 Å². The maximum Gasteiger partial charge on any atom is 0.192 e. The number of nitrogens with zero attached hydrogens (tertiary/aromatic N) is 4. The highest BCUT2D eigenvalue weighted by Gasteiger charge is 2.25. The van der Waals surface area contributed by atoms with Crippen LogP contribution in [0.3, 0.4) is 0 Å². The van der Waals surface area contributed by atoms with E-state index >= 15 is 0 Å². The molecule has 1 aliphatic rings. The Hall–Kier alpha value is -1.20. The van der Waals surface area contributed by atoms with Gasteiger partial charge in [0.05, 0.1) is 12.6 Å². The van der Waals surface area contributed by atoms with Crippen molar-refractivity contribution < 1.29 is 4.74 Å². The lowest BCUT2D eigenvalue weighted by molar-refractivity contribution is 0.0169. The first kappa shape index (κ1) is 25.1. The van der Waals surface area contributed by atoms with Gasteiger partial charge in [-0.1, -0.05) is 18.9 Å². The molecule has 1 unspecified atom stereocenters. The summed E-state index contributed by atoms with van der Waals surface area (Å²) in [5, 5.41) is 17.4. The van der Waals surface area contributed by atoms with Crippen LogP contribution >= 0.6 is 35.3 Å². The third-order valence-corrected chi connectivity index (χ3v) is 6.48. The van der Waals surface area contributed by atoms with Gasteiger partial charge in [0.15, 0.2) is 11.8 Å². The van der Waals surface area contributed by atoms with Gasteiger partial charge in [-0.3, -0.25) is 0 Å². The summed E-state index contributed by atoms with van der Waals surface area (Å²) in [6.45, 7) is 6.92. The van der Waals surface area contributed by atoms with Gasteiger partial charge in [0.1, 0.15) is 12.4 Å². The smallest absolute Gasteiger partial charge is 0.192 e. The Morgan fingerprint density at radius 3 is 2.77 bits per heavy atom. The van der Waals surface area contributed by atoms with Crippen molar-refractivity contribution in [3.8, 4) is 0 Å². The summed E-state index contributed by atoms with van der Waals surface area (Å²) in [6.07, 6.45) is 6.62. The summed E-state index contributed by atoms with van der Waals surface area (Å²) < 4.78 is 8.03. The number of halogens is 1. The van der Waals surface area contributed by atoms with Gasteiger partial charge in [0.25, 0.3) is 0 Å². The highest BCUT2D eigenvalue weighted by Crippen LogP contribution is 2.30. The number of thiophene rings is 1. The topological polar surface area (TPSA) is 76.4 Å². The number of nitrogens with one attached hydrogen (secondary N) is 2. The average Bonchev–Trinajstić information content (AvgIpc) is 3.48. The molecule has 0 spiro atoms. The fraction of sp³-hybridized carbons (Fsp3) is 0.667. The molecule has 0 amide bonds. The highest BCUT2D eigenvalue weighted by molar-refractivity contribution is 14.0. The van der Waals surface area contributed by atoms with Crippen LogP contribution in [0.4, 0.5) is 0 Å². The van der Waals surface area contributed by atoms with Crippen molar-refractivity contribution >= 4 is 41.3 Å². The molecule has 7 nitrogen and oxygen atoms in total. The summed E-state index contributed by atoms with van der Waals surface area (Å²) in [7, 11) is 1.97. The normalized spacial score (nSPS) is 15.8. The van der Waals surface area contributed by atoms with E-state index in [1.165, 1.54) is 30.6 Å². The quantitative estimate of drug-likeness (QED) is 0.268. The minimum Gasteiger partial charge on any atom is -0.378 e. The van der Waals surface area contributed by atoms with Gasteiger partial charge < -0.3 is 19.9 Å². The fourth-order valence-electron chi connectivity index (χ4n) is 3.83. The van der Waals surface area contributed by atoms with Crippen molar-refractivity contribution in [1.29, 1.82) is 0 Å². The molecule has 2 aromatic rings. The molecule has 0 saturated heterocycles. The number of aryl methyl sites for hydroxylation is 1. The molecule has 9 heteroatoms. The maximum absolute atomic E-state index is 6.05. The standard InChI is InChI=1S/C21H34N6OS.HI/c1-4-28-19(17-8-5-6-9-17)11-12-22-21(23-14-18-10-7-13-29-18)24-15-20-26-25-16(2)27(20)3;/h7,10,13,17,19H,4-6,8-9,11-12,14-15H2,1-3H3,(H2,22,23,24);1H. The Labute approximate surface area is 201 Å². The van der Waals surface area contributed by atoms with E-state index in [9.17, 15) is 0 Å². The van der Waals surface area contributed by atoms with Crippen molar-refractivity contribution in [2.24, 2.45) is 18.0 Å². The predicted octanol–water partition coefficient (Wildman–Crippen LogP) is 4.02. The second-order valence-corrected chi connectivity index (χ2v) is 8.61. The molecule has 30 heavy (non-hydrogen) atoms. The second kappa shape index (κ2) is 13.3. The lowest BCUT2D eigenvalue weighted by Gasteiger charge is -2.24. The Morgan fingerprint density at radius 2 is 2.13 bits per heavy atom. The molecule has 0 bridgehead atoms. The second-order valence-electron chi connectivity index (χ2n) is 7.57. The van der Waals surface area contributed by atoms with Crippen molar-refractivity contribution in [1.82, 2.24) is 25.4 Å². The van der Waals surface area contributed by atoms with Gasteiger partial charge in [-0.05, 0) is 50.5 Å². The van der Waals surface area contributed by atoms with Crippen LogP contribution in [0.25, 0.3) is 0 Å². The molecule has 2 N–H and O–H groups in total.